The molecule has 2 aromatic heterocycles. The van der Waals surface area contributed by atoms with E-state index >= 15 is 0 Å². The summed E-state index contributed by atoms with van der Waals surface area (Å²) in [5.41, 5.74) is 5.55. The summed E-state index contributed by atoms with van der Waals surface area (Å²) in [5, 5.41) is 0.418. The summed E-state index contributed by atoms with van der Waals surface area (Å²) in [7, 11) is 1.69. The Balaban J connectivity index is 1.65. The molecule has 1 fully saturated rings. The van der Waals surface area contributed by atoms with Crippen LogP contribution in [0.15, 0.2) is 24.4 Å². The summed E-state index contributed by atoms with van der Waals surface area (Å²) in [6.45, 7) is 2.25. The number of fused-ring (bicyclic) bond motifs is 1. The van der Waals surface area contributed by atoms with Crippen molar-refractivity contribution in [1.29, 1.82) is 0 Å². The number of nitrogens with one attached hydrogen (secondary N) is 2. The Morgan fingerprint density at radius 3 is 2.81 bits per heavy atom. The fourth-order valence-corrected chi connectivity index (χ4v) is 3.16. The minimum absolute atomic E-state index is 0.00109. The van der Waals surface area contributed by atoms with E-state index in [2.05, 4.69) is 15.8 Å². The minimum Gasteiger partial charge on any atom is -0.346 e. The normalized spacial score (nSPS) is 15.7. The largest absolute Gasteiger partial charge is 0.431 e. The summed E-state index contributed by atoms with van der Waals surface area (Å²) in [5.74, 6) is 0.287. The molecule has 6 nitrogen and oxygen atoms in total. The monoisotopic (exact) mass is 369 g/mol. The third-order valence-electron chi connectivity index (χ3n) is 4.70. The van der Waals surface area contributed by atoms with E-state index in [1.807, 2.05) is 0 Å². The van der Waals surface area contributed by atoms with Gasteiger partial charge in [0.2, 0.25) is 5.91 Å². The highest BCUT2D eigenvalue weighted by Crippen LogP contribution is 2.33. The van der Waals surface area contributed by atoms with Gasteiger partial charge in [-0.3, -0.25) is 15.6 Å². The summed E-state index contributed by atoms with van der Waals surface area (Å²) < 4.78 is 41.0. The first kappa shape index (κ1) is 18.7. The molecule has 0 aliphatic carbocycles. The number of rotatable bonds is 6. The summed E-state index contributed by atoms with van der Waals surface area (Å²) >= 11 is 0. The SMILES string of the molecule is CN(CCC1CNNC1)C(=O)CCn1c(C(F)(F)F)cc2cccnc21. The number of aryl methyl sites for hydroxylation is 1. The van der Waals surface area contributed by atoms with Gasteiger partial charge in [0, 0.05) is 51.2 Å². The molecule has 0 aromatic carbocycles. The highest BCUT2D eigenvalue weighted by Gasteiger charge is 2.35. The van der Waals surface area contributed by atoms with Gasteiger partial charge in [-0.2, -0.15) is 13.2 Å². The number of nitrogens with zero attached hydrogens (tertiary/aromatic N) is 3. The molecule has 0 radical (unpaired) electrons. The van der Waals surface area contributed by atoms with E-state index in [0.717, 1.165) is 30.1 Å². The Morgan fingerprint density at radius 2 is 2.12 bits per heavy atom. The van der Waals surface area contributed by atoms with Crippen molar-refractivity contribution in [2.75, 3.05) is 26.7 Å². The highest BCUT2D eigenvalue weighted by atomic mass is 19.4. The standard InChI is InChI=1S/C17H22F3N5O/c1-24(7-4-12-10-22-23-11-12)15(26)5-8-25-14(17(18,19)20)9-13-3-2-6-21-16(13)25/h2-3,6,9,12,22-23H,4-5,7-8,10-11H2,1H3. The van der Waals surface area contributed by atoms with E-state index in [9.17, 15) is 18.0 Å². The number of aromatic nitrogens is 2. The number of carbonyl (C=O) groups excluding carboxylic acids is 1. The molecular weight excluding hydrogens is 347 g/mol. The van der Waals surface area contributed by atoms with Gasteiger partial charge in [0.05, 0.1) is 0 Å². The Morgan fingerprint density at radius 1 is 1.38 bits per heavy atom. The van der Waals surface area contributed by atoms with Gasteiger partial charge in [-0.1, -0.05) is 0 Å². The second-order valence-electron chi connectivity index (χ2n) is 6.58. The first-order valence-corrected chi connectivity index (χ1v) is 8.57. The maximum absolute atomic E-state index is 13.3. The zero-order valence-corrected chi connectivity index (χ0v) is 14.5. The zero-order chi connectivity index (χ0) is 18.7. The van der Waals surface area contributed by atoms with Gasteiger partial charge in [0.25, 0.3) is 0 Å². The van der Waals surface area contributed by atoms with Crippen LogP contribution < -0.4 is 10.9 Å². The topological polar surface area (TPSA) is 62.2 Å². The number of hydrogen-bond donors (Lipinski definition) is 2. The molecule has 2 N–H and O–H groups in total. The fourth-order valence-electron chi connectivity index (χ4n) is 3.16. The number of hydrazine groups is 1. The molecule has 1 aliphatic rings. The molecule has 1 aliphatic heterocycles. The van der Waals surface area contributed by atoms with Gasteiger partial charge in [-0.15, -0.1) is 0 Å². The first-order chi connectivity index (χ1) is 12.4. The third kappa shape index (κ3) is 4.16. The molecule has 0 saturated carbocycles. The van der Waals surface area contributed by atoms with Crippen molar-refractivity contribution in [3.63, 3.8) is 0 Å². The number of hydrogen-bond acceptors (Lipinski definition) is 4. The van der Waals surface area contributed by atoms with Gasteiger partial charge in [-0.25, -0.2) is 4.98 Å². The van der Waals surface area contributed by atoms with E-state index < -0.39 is 11.9 Å². The molecule has 1 amide bonds. The van der Waals surface area contributed by atoms with Crippen molar-refractivity contribution in [2.45, 2.75) is 25.6 Å². The van der Waals surface area contributed by atoms with Crippen molar-refractivity contribution in [1.82, 2.24) is 25.3 Å². The molecule has 9 heteroatoms. The maximum Gasteiger partial charge on any atom is 0.431 e. The predicted molar refractivity (Wildman–Crippen MR) is 91.1 cm³/mol. The van der Waals surface area contributed by atoms with Crippen LogP contribution in [-0.4, -0.2) is 47.0 Å². The Labute approximate surface area is 149 Å². The van der Waals surface area contributed by atoms with Crippen molar-refractivity contribution in [3.8, 4) is 0 Å². The predicted octanol–water partition coefficient (Wildman–Crippen LogP) is 2.02. The van der Waals surface area contributed by atoms with E-state index in [4.69, 9.17) is 0 Å². The van der Waals surface area contributed by atoms with Crippen LogP contribution in [0.4, 0.5) is 13.2 Å². The van der Waals surface area contributed by atoms with E-state index in [1.165, 1.54) is 6.20 Å². The number of amides is 1. The van der Waals surface area contributed by atoms with Crippen LogP contribution in [0.5, 0.6) is 0 Å². The smallest absolute Gasteiger partial charge is 0.346 e. The van der Waals surface area contributed by atoms with Crippen molar-refractivity contribution >= 4 is 16.9 Å². The van der Waals surface area contributed by atoms with Gasteiger partial charge in [0.1, 0.15) is 11.3 Å². The molecule has 0 unspecified atom stereocenters. The lowest BCUT2D eigenvalue weighted by atomic mass is 10.1. The number of halogens is 3. The number of alkyl halides is 3. The molecule has 1 saturated heterocycles. The molecular formula is C17H22F3N5O. The molecule has 3 rings (SSSR count). The van der Waals surface area contributed by atoms with Crippen molar-refractivity contribution in [2.24, 2.45) is 5.92 Å². The molecule has 142 valence electrons. The van der Waals surface area contributed by atoms with Gasteiger partial charge < -0.3 is 9.47 Å². The molecule has 0 atom stereocenters. The van der Waals surface area contributed by atoms with Gasteiger partial charge in [-0.05, 0) is 30.5 Å². The van der Waals surface area contributed by atoms with Crippen LogP contribution in [0, 0.1) is 5.92 Å². The third-order valence-corrected chi connectivity index (χ3v) is 4.70. The van der Waals surface area contributed by atoms with Crippen LogP contribution in [0.3, 0.4) is 0 Å². The Bertz CT molecular complexity index is 767. The second kappa shape index (κ2) is 7.63. The zero-order valence-electron chi connectivity index (χ0n) is 14.5. The van der Waals surface area contributed by atoms with Crippen molar-refractivity contribution < 1.29 is 18.0 Å². The van der Waals surface area contributed by atoms with E-state index in [1.54, 1.807) is 24.1 Å². The molecule has 0 spiro atoms. The van der Waals surface area contributed by atoms with Crippen LogP contribution in [0.2, 0.25) is 0 Å². The lowest BCUT2D eigenvalue weighted by Crippen LogP contribution is -2.30. The Kier molecular flexibility index (Phi) is 5.47. The molecule has 2 aromatic rings. The average Bonchev–Trinajstić information content (AvgIpc) is 3.24. The maximum atomic E-state index is 13.3. The van der Waals surface area contributed by atoms with Gasteiger partial charge >= 0.3 is 6.18 Å². The van der Waals surface area contributed by atoms with Gasteiger partial charge in [0.15, 0.2) is 0 Å². The molecule has 26 heavy (non-hydrogen) atoms. The van der Waals surface area contributed by atoms with Crippen molar-refractivity contribution in [3.05, 3.63) is 30.1 Å². The summed E-state index contributed by atoms with van der Waals surface area (Å²) in [6.07, 6.45) is -2.18. The highest BCUT2D eigenvalue weighted by molar-refractivity contribution is 5.79. The lowest BCUT2D eigenvalue weighted by Gasteiger charge is -2.20. The quantitative estimate of drug-likeness (QED) is 0.818. The fraction of sp³-hybridized carbons (Fsp3) is 0.529. The van der Waals surface area contributed by atoms with E-state index in [-0.39, 0.29) is 24.5 Å². The molecule has 0 bridgehead atoms. The molecule has 3 heterocycles. The lowest BCUT2D eigenvalue weighted by molar-refractivity contribution is -0.144. The summed E-state index contributed by atoms with van der Waals surface area (Å²) in [6, 6.07) is 4.26. The van der Waals surface area contributed by atoms with Crippen LogP contribution in [0.1, 0.15) is 18.5 Å². The minimum atomic E-state index is -4.49. The van der Waals surface area contributed by atoms with Crippen LogP contribution in [0.25, 0.3) is 11.0 Å². The number of pyridine rings is 1. The number of carbonyl (C=O) groups is 1. The van der Waals surface area contributed by atoms with Crippen LogP contribution in [-0.2, 0) is 17.5 Å². The second-order valence-corrected chi connectivity index (χ2v) is 6.58. The Hall–Kier alpha value is -2.13. The van der Waals surface area contributed by atoms with E-state index in [0.29, 0.717) is 17.8 Å². The summed E-state index contributed by atoms with van der Waals surface area (Å²) in [4.78, 5) is 18.0. The van der Waals surface area contributed by atoms with Crippen LogP contribution >= 0.6 is 0 Å². The first-order valence-electron chi connectivity index (χ1n) is 8.57. The average molecular weight is 369 g/mol.